The van der Waals surface area contributed by atoms with Gasteiger partial charge in [0.25, 0.3) is 5.91 Å². The normalized spacial score (nSPS) is 17.3. The summed E-state index contributed by atoms with van der Waals surface area (Å²) in [7, 11) is 1.38. The molecule has 0 saturated heterocycles. The number of fused-ring (bicyclic) bond motifs is 1. The molecule has 2 atom stereocenters. The molecule has 1 aliphatic rings. The Labute approximate surface area is 197 Å². The monoisotopic (exact) mass is 466 g/mol. The van der Waals surface area contributed by atoms with Crippen molar-refractivity contribution >= 4 is 34.8 Å². The van der Waals surface area contributed by atoms with Gasteiger partial charge in [-0.1, -0.05) is 29.8 Å². The zero-order valence-electron chi connectivity index (χ0n) is 18.6. The minimum atomic E-state index is -0.593. The third-order valence-corrected chi connectivity index (χ3v) is 6.19. The van der Waals surface area contributed by atoms with Crippen LogP contribution in [0.5, 0.6) is 5.75 Å². The quantitative estimate of drug-likeness (QED) is 0.472. The van der Waals surface area contributed by atoms with Crippen LogP contribution in [0, 0.1) is 5.82 Å². The predicted molar refractivity (Wildman–Crippen MR) is 128 cm³/mol. The summed E-state index contributed by atoms with van der Waals surface area (Å²) in [5.41, 5.74) is 2.51. The number of nitrogens with zero attached hydrogens (tertiary/aromatic N) is 2. The summed E-state index contributed by atoms with van der Waals surface area (Å²) in [6, 6.07) is 18.3. The number of benzene rings is 3. The van der Waals surface area contributed by atoms with Crippen molar-refractivity contribution in [2.45, 2.75) is 32.4 Å². The smallest absolute Gasteiger partial charge is 0.258 e. The first-order valence-corrected chi connectivity index (χ1v) is 11.0. The van der Waals surface area contributed by atoms with Crippen molar-refractivity contribution in [2.75, 3.05) is 16.9 Å². The Morgan fingerprint density at radius 3 is 2.42 bits per heavy atom. The Hall–Kier alpha value is -3.38. The largest absolute Gasteiger partial charge is 0.494 e. The molecule has 33 heavy (non-hydrogen) atoms. The van der Waals surface area contributed by atoms with Crippen LogP contribution in [0.4, 0.5) is 15.8 Å². The number of halogens is 2. The summed E-state index contributed by atoms with van der Waals surface area (Å²) in [5.74, 6) is -0.930. The van der Waals surface area contributed by atoms with Gasteiger partial charge in [0.2, 0.25) is 5.91 Å². The molecule has 3 aromatic carbocycles. The second-order valence-electron chi connectivity index (χ2n) is 8.05. The van der Waals surface area contributed by atoms with E-state index < -0.39 is 5.82 Å². The number of methoxy groups -OCH3 is 1. The molecule has 0 radical (unpaired) electrons. The van der Waals surface area contributed by atoms with Gasteiger partial charge < -0.3 is 14.5 Å². The van der Waals surface area contributed by atoms with Crippen molar-refractivity contribution in [3.8, 4) is 5.75 Å². The molecular weight excluding hydrogens is 443 g/mol. The highest BCUT2D eigenvalue weighted by atomic mass is 35.5. The van der Waals surface area contributed by atoms with Crippen LogP contribution < -0.4 is 14.5 Å². The number of anilines is 2. The zero-order valence-corrected chi connectivity index (χ0v) is 19.3. The summed E-state index contributed by atoms with van der Waals surface area (Å²) in [6.45, 7) is 3.46. The topological polar surface area (TPSA) is 49.9 Å². The Morgan fingerprint density at radius 1 is 1.09 bits per heavy atom. The fraction of sp³-hybridized carbons (Fsp3) is 0.231. The number of carbonyl (C=O) groups is 2. The van der Waals surface area contributed by atoms with Gasteiger partial charge in [-0.15, -0.1) is 0 Å². The van der Waals surface area contributed by atoms with E-state index in [0.29, 0.717) is 17.1 Å². The van der Waals surface area contributed by atoms with E-state index in [1.54, 1.807) is 28.0 Å². The number of hydrogen-bond acceptors (Lipinski definition) is 3. The van der Waals surface area contributed by atoms with Gasteiger partial charge in [-0.3, -0.25) is 9.59 Å². The van der Waals surface area contributed by atoms with Crippen LogP contribution in [-0.4, -0.2) is 25.0 Å². The molecule has 7 heteroatoms. The first kappa shape index (κ1) is 22.8. The summed E-state index contributed by atoms with van der Waals surface area (Å²) in [4.78, 5) is 29.6. The molecule has 2 amide bonds. The molecule has 0 fully saturated rings. The van der Waals surface area contributed by atoms with Crippen LogP contribution in [0.1, 0.15) is 42.2 Å². The van der Waals surface area contributed by atoms with Crippen molar-refractivity contribution in [1.29, 1.82) is 0 Å². The third kappa shape index (κ3) is 4.31. The molecule has 5 nitrogen and oxygen atoms in total. The maximum Gasteiger partial charge on any atom is 0.258 e. The molecule has 2 unspecified atom stereocenters. The fourth-order valence-corrected chi connectivity index (χ4v) is 4.58. The molecular formula is C26H24ClFN2O3. The second-order valence-corrected chi connectivity index (χ2v) is 8.49. The van der Waals surface area contributed by atoms with Gasteiger partial charge in [0, 0.05) is 34.9 Å². The minimum Gasteiger partial charge on any atom is -0.494 e. The van der Waals surface area contributed by atoms with Crippen LogP contribution in [0.25, 0.3) is 0 Å². The molecule has 4 rings (SSSR count). The number of para-hydroxylation sites is 1. The number of rotatable bonds is 4. The van der Waals surface area contributed by atoms with E-state index in [2.05, 4.69) is 0 Å². The lowest BCUT2D eigenvalue weighted by Crippen LogP contribution is -2.47. The van der Waals surface area contributed by atoms with Crippen molar-refractivity contribution in [2.24, 2.45) is 0 Å². The molecule has 0 aromatic heterocycles. The van der Waals surface area contributed by atoms with Crippen LogP contribution in [0.3, 0.4) is 0 Å². The van der Waals surface area contributed by atoms with Crippen molar-refractivity contribution in [3.05, 3.63) is 88.7 Å². The molecule has 0 aliphatic carbocycles. The lowest BCUT2D eigenvalue weighted by molar-refractivity contribution is -0.117. The number of amides is 2. The molecule has 0 saturated carbocycles. The summed E-state index contributed by atoms with van der Waals surface area (Å²) >= 11 is 6.05. The standard InChI is InChI=1S/C26H24ClFN2O3/c1-16-14-24(30(17(2)31)20-11-9-19(27)10-12-20)21-6-4-5-7-23(21)29(16)26(32)18-8-13-25(33-3)22(28)15-18/h4-13,15-16,24H,14H2,1-3H3. The van der Waals surface area contributed by atoms with E-state index in [-0.39, 0.29) is 35.2 Å². The van der Waals surface area contributed by atoms with E-state index in [1.165, 1.54) is 26.2 Å². The summed E-state index contributed by atoms with van der Waals surface area (Å²) in [6.07, 6.45) is 0.517. The minimum absolute atomic E-state index is 0.0822. The third-order valence-electron chi connectivity index (χ3n) is 5.93. The highest BCUT2D eigenvalue weighted by Gasteiger charge is 2.38. The van der Waals surface area contributed by atoms with Gasteiger partial charge in [-0.05, 0) is 67.4 Å². The molecule has 0 bridgehead atoms. The molecule has 3 aromatic rings. The molecule has 0 spiro atoms. The first-order valence-electron chi connectivity index (χ1n) is 10.6. The summed E-state index contributed by atoms with van der Waals surface area (Å²) < 4.78 is 19.3. The van der Waals surface area contributed by atoms with Crippen LogP contribution in [0.2, 0.25) is 5.02 Å². The lowest BCUT2D eigenvalue weighted by Gasteiger charge is -2.43. The van der Waals surface area contributed by atoms with E-state index in [4.69, 9.17) is 16.3 Å². The van der Waals surface area contributed by atoms with Gasteiger partial charge in [0.05, 0.1) is 13.2 Å². The van der Waals surface area contributed by atoms with Crippen molar-refractivity contribution in [1.82, 2.24) is 0 Å². The van der Waals surface area contributed by atoms with Crippen molar-refractivity contribution in [3.63, 3.8) is 0 Å². The molecule has 170 valence electrons. The van der Waals surface area contributed by atoms with Gasteiger partial charge in [0.15, 0.2) is 11.6 Å². The number of ether oxygens (including phenoxy) is 1. The first-order chi connectivity index (χ1) is 15.8. The van der Waals surface area contributed by atoms with E-state index >= 15 is 0 Å². The second kappa shape index (κ2) is 9.24. The van der Waals surface area contributed by atoms with Crippen LogP contribution in [-0.2, 0) is 4.79 Å². The van der Waals surface area contributed by atoms with E-state index in [9.17, 15) is 14.0 Å². The average molecular weight is 467 g/mol. The molecule has 1 heterocycles. The van der Waals surface area contributed by atoms with Gasteiger partial charge in [-0.2, -0.15) is 0 Å². The van der Waals surface area contributed by atoms with Gasteiger partial charge in [-0.25, -0.2) is 4.39 Å². The summed E-state index contributed by atoms with van der Waals surface area (Å²) in [5, 5.41) is 0.586. The SMILES string of the molecule is COc1ccc(C(=O)N2c3ccccc3C(N(C(C)=O)c3ccc(Cl)cc3)CC2C)cc1F. The van der Waals surface area contributed by atoms with Crippen LogP contribution >= 0.6 is 11.6 Å². The predicted octanol–water partition coefficient (Wildman–Crippen LogP) is 6.02. The molecule has 0 N–H and O–H groups in total. The van der Waals surface area contributed by atoms with Gasteiger partial charge >= 0.3 is 0 Å². The number of hydrogen-bond donors (Lipinski definition) is 0. The van der Waals surface area contributed by atoms with Crippen molar-refractivity contribution < 1.29 is 18.7 Å². The highest BCUT2D eigenvalue weighted by molar-refractivity contribution is 6.30. The molecule has 1 aliphatic heterocycles. The maximum atomic E-state index is 14.3. The van der Waals surface area contributed by atoms with Crippen LogP contribution in [0.15, 0.2) is 66.7 Å². The Bertz CT molecular complexity index is 1200. The maximum absolute atomic E-state index is 14.3. The van der Waals surface area contributed by atoms with E-state index in [1.807, 2.05) is 43.3 Å². The Kier molecular flexibility index (Phi) is 6.38. The average Bonchev–Trinajstić information content (AvgIpc) is 2.80. The lowest BCUT2D eigenvalue weighted by atomic mass is 9.89. The van der Waals surface area contributed by atoms with Gasteiger partial charge in [0.1, 0.15) is 0 Å². The Morgan fingerprint density at radius 2 is 1.79 bits per heavy atom. The zero-order chi connectivity index (χ0) is 23.7. The van der Waals surface area contributed by atoms with E-state index in [0.717, 1.165) is 11.3 Å². The number of carbonyl (C=O) groups excluding carboxylic acids is 2. The Balaban J connectivity index is 1.76. The fourth-order valence-electron chi connectivity index (χ4n) is 4.46. The highest BCUT2D eigenvalue weighted by Crippen LogP contribution is 2.43.